The Kier molecular flexibility index (Phi) is 5.49. The summed E-state index contributed by atoms with van der Waals surface area (Å²) in [6.07, 6.45) is -4.19. The second-order valence-corrected chi connectivity index (χ2v) is 4.78. The first-order valence-corrected chi connectivity index (χ1v) is 6.84. The Bertz CT molecular complexity index is 713. The highest BCUT2D eigenvalue weighted by Gasteiger charge is 2.27. The SMILES string of the molecule is O=c1ccc(-c2ccccc2F)nn1CCCOCC(F)(F)F. The molecule has 0 unspecified atom stereocenters. The number of halogens is 4. The molecule has 0 aliphatic rings. The molecule has 0 radical (unpaired) electrons. The monoisotopic (exact) mass is 330 g/mol. The van der Waals surface area contributed by atoms with E-state index in [0.29, 0.717) is 0 Å². The minimum Gasteiger partial charge on any atom is -0.372 e. The summed E-state index contributed by atoms with van der Waals surface area (Å²) in [5.41, 5.74) is 0.106. The third kappa shape index (κ3) is 5.17. The maximum Gasteiger partial charge on any atom is 0.411 e. The van der Waals surface area contributed by atoms with Gasteiger partial charge in [0.1, 0.15) is 12.4 Å². The molecule has 1 aromatic carbocycles. The summed E-state index contributed by atoms with van der Waals surface area (Å²) in [5, 5.41) is 4.04. The summed E-state index contributed by atoms with van der Waals surface area (Å²) in [6, 6.07) is 8.62. The molecule has 124 valence electrons. The maximum absolute atomic E-state index is 13.7. The van der Waals surface area contributed by atoms with Gasteiger partial charge in [0.25, 0.3) is 5.56 Å². The van der Waals surface area contributed by atoms with Crippen LogP contribution in [-0.2, 0) is 11.3 Å². The van der Waals surface area contributed by atoms with Gasteiger partial charge in [0, 0.05) is 24.8 Å². The zero-order chi connectivity index (χ0) is 16.9. The molecule has 8 heteroatoms. The van der Waals surface area contributed by atoms with Gasteiger partial charge in [-0.25, -0.2) is 9.07 Å². The molecule has 23 heavy (non-hydrogen) atoms. The van der Waals surface area contributed by atoms with Gasteiger partial charge in [-0.05, 0) is 24.6 Å². The Morgan fingerprint density at radius 1 is 1.13 bits per heavy atom. The van der Waals surface area contributed by atoms with E-state index in [4.69, 9.17) is 0 Å². The number of aryl methyl sites for hydroxylation is 1. The van der Waals surface area contributed by atoms with Crippen LogP contribution in [0.2, 0.25) is 0 Å². The van der Waals surface area contributed by atoms with Crippen LogP contribution in [0.4, 0.5) is 17.6 Å². The highest BCUT2D eigenvalue weighted by molar-refractivity contribution is 5.58. The summed E-state index contributed by atoms with van der Waals surface area (Å²) >= 11 is 0. The number of rotatable bonds is 6. The van der Waals surface area contributed by atoms with Crippen LogP contribution >= 0.6 is 0 Å². The molecule has 0 spiro atoms. The zero-order valence-corrected chi connectivity index (χ0v) is 12.0. The lowest BCUT2D eigenvalue weighted by Crippen LogP contribution is -2.24. The topological polar surface area (TPSA) is 44.1 Å². The predicted octanol–water partition coefficient (Wildman–Crippen LogP) is 3.02. The maximum atomic E-state index is 13.7. The van der Waals surface area contributed by atoms with Crippen LogP contribution in [0, 0.1) is 5.82 Å². The van der Waals surface area contributed by atoms with E-state index in [0.717, 1.165) is 4.68 Å². The molecule has 0 saturated carbocycles. The number of ether oxygens (including phenoxy) is 1. The van der Waals surface area contributed by atoms with Crippen LogP contribution in [0.1, 0.15) is 6.42 Å². The molecule has 0 saturated heterocycles. The van der Waals surface area contributed by atoms with Crippen LogP contribution in [0.25, 0.3) is 11.3 Å². The van der Waals surface area contributed by atoms with E-state index >= 15 is 0 Å². The molecule has 2 aromatic rings. The van der Waals surface area contributed by atoms with Crippen molar-refractivity contribution in [2.75, 3.05) is 13.2 Å². The van der Waals surface area contributed by atoms with E-state index in [1.54, 1.807) is 6.07 Å². The lowest BCUT2D eigenvalue weighted by atomic mass is 10.1. The second kappa shape index (κ2) is 7.36. The van der Waals surface area contributed by atoms with Gasteiger partial charge in [0.2, 0.25) is 0 Å². The van der Waals surface area contributed by atoms with Crippen molar-refractivity contribution in [3.8, 4) is 11.3 Å². The number of benzene rings is 1. The van der Waals surface area contributed by atoms with Crippen LogP contribution in [-0.4, -0.2) is 29.2 Å². The fraction of sp³-hybridized carbons (Fsp3) is 0.333. The summed E-state index contributed by atoms with van der Waals surface area (Å²) in [5.74, 6) is -0.473. The third-order valence-corrected chi connectivity index (χ3v) is 2.94. The average Bonchev–Trinajstić information content (AvgIpc) is 2.48. The van der Waals surface area contributed by atoms with E-state index in [1.807, 2.05) is 0 Å². The summed E-state index contributed by atoms with van der Waals surface area (Å²) < 4.78 is 55.0. The quantitative estimate of drug-likeness (QED) is 0.604. The Morgan fingerprint density at radius 3 is 2.57 bits per heavy atom. The Labute approximate surface area is 129 Å². The number of hydrogen-bond donors (Lipinski definition) is 0. The number of alkyl halides is 3. The van der Waals surface area contributed by atoms with E-state index in [1.165, 1.54) is 30.3 Å². The first-order valence-electron chi connectivity index (χ1n) is 6.84. The number of aromatic nitrogens is 2. The van der Waals surface area contributed by atoms with Gasteiger partial charge in [0.15, 0.2) is 0 Å². The smallest absolute Gasteiger partial charge is 0.372 e. The van der Waals surface area contributed by atoms with Gasteiger partial charge < -0.3 is 4.74 Å². The van der Waals surface area contributed by atoms with Crippen LogP contribution < -0.4 is 5.56 Å². The Morgan fingerprint density at radius 2 is 1.87 bits per heavy atom. The van der Waals surface area contributed by atoms with Gasteiger partial charge in [0.05, 0.1) is 5.69 Å². The molecule has 1 aromatic heterocycles. The van der Waals surface area contributed by atoms with Crippen molar-refractivity contribution in [3.63, 3.8) is 0 Å². The van der Waals surface area contributed by atoms with Crippen molar-refractivity contribution in [2.24, 2.45) is 0 Å². The first kappa shape index (κ1) is 17.1. The fourth-order valence-electron chi connectivity index (χ4n) is 1.93. The normalized spacial score (nSPS) is 11.7. The van der Waals surface area contributed by atoms with Gasteiger partial charge in [-0.1, -0.05) is 12.1 Å². The molecule has 1 heterocycles. The zero-order valence-electron chi connectivity index (χ0n) is 12.0. The fourth-order valence-corrected chi connectivity index (χ4v) is 1.93. The van der Waals surface area contributed by atoms with Gasteiger partial charge in [-0.15, -0.1) is 0 Å². The molecule has 2 rings (SSSR count). The van der Waals surface area contributed by atoms with Crippen molar-refractivity contribution in [1.29, 1.82) is 0 Å². The van der Waals surface area contributed by atoms with Crippen molar-refractivity contribution in [1.82, 2.24) is 9.78 Å². The minimum atomic E-state index is -4.38. The van der Waals surface area contributed by atoms with Crippen LogP contribution in [0.3, 0.4) is 0 Å². The Balaban J connectivity index is 2.01. The third-order valence-electron chi connectivity index (χ3n) is 2.94. The number of hydrogen-bond acceptors (Lipinski definition) is 3. The minimum absolute atomic E-state index is 0.0823. The van der Waals surface area contributed by atoms with Crippen LogP contribution in [0.5, 0.6) is 0 Å². The largest absolute Gasteiger partial charge is 0.411 e. The average molecular weight is 330 g/mol. The molecule has 0 aliphatic carbocycles. The van der Waals surface area contributed by atoms with E-state index in [2.05, 4.69) is 9.84 Å². The van der Waals surface area contributed by atoms with Crippen molar-refractivity contribution < 1.29 is 22.3 Å². The molecule has 0 atom stereocenters. The first-order chi connectivity index (χ1) is 10.9. The molecular weight excluding hydrogens is 316 g/mol. The lowest BCUT2D eigenvalue weighted by molar-refractivity contribution is -0.174. The molecule has 0 bridgehead atoms. The van der Waals surface area contributed by atoms with Crippen LogP contribution in [0.15, 0.2) is 41.2 Å². The Hall–Kier alpha value is -2.22. The summed E-state index contributed by atoms with van der Waals surface area (Å²) in [4.78, 5) is 11.7. The van der Waals surface area contributed by atoms with Gasteiger partial charge >= 0.3 is 6.18 Å². The molecule has 0 fully saturated rings. The molecule has 0 amide bonds. The van der Waals surface area contributed by atoms with Crippen molar-refractivity contribution in [3.05, 3.63) is 52.6 Å². The number of nitrogens with zero attached hydrogens (tertiary/aromatic N) is 2. The second-order valence-electron chi connectivity index (χ2n) is 4.78. The predicted molar refractivity (Wildman–Crippen MR) is 75.4 cm³/mol. The van der Waals surface area contributed by atoms with Gasteiger partial charge in [-0.2, -0.15) is 18.3 Å². The lowest BCUT2D eigenvalue weighted by Gasteiger charge is -2.09. The molecule has 4 nitrogen and oxygen atoms in total. The van der Waals surface area contributed by atoms with E-state index in [9.17, 15) is 22.4 Å². The van der Waals surface area contributed by atoms with E-state index < -0.39 is 24.2 Å². The summed E-state index contributed by atoms with van der Waals surface area (Å²) in [7, 11) is 0. The van der Waals surface area contributed by atoms with Crippen molar-refractivity contribution in [2.45, 2.75) is 19.1 Å². The highest BCUT2D eigenvalue weighted by atomic mass is 19.4. The highest BCUT2D eigenvalue weighted by Crippen LogP contribution is 2.19. The van der Waals surface area contributed by atoms with Crippen molar-refractivity contribution >= 4 is 0 Å². The molecule has 0 aliphatic heterocycles. The summed E-state index contributed by atoms with van der Waals surface area (Å²) in [6.45, 7) is -1.40. The van der Waals surface area contributed by atoms with Gasteiger partial charge in [-0.3, -0.25) is 4.79 Å². The standard InChI is InChI=1S/C15H14F4N2O2/c16-12-5-2-1-4-11(12)13-6-7-14(22)21(20-13)8-3-9-23-10-15(17,18)19/h1-2,4-7H,3,8-10H2. The van der Waals surface area contributed by atoms with E-state index in [-0.39, 0.29) is 30.8 Å². The molecular formula is C15H14F4N2O2. The molecule has 0 N–H and O–H groups in total.